The van der Waals surface area contributed by atoms with Crippen LogP contribution in [0.15, 0.2) is 30.7 Å². The summed E-state index contributed by atoms with van der Waals surface area (Å²) in [7, 11) is -3.07. The van der Waals surface area contributed by atoms with Crippen LogP contribution in [0, 0.1) is 5.92 Å². The second-order valence-corrected chi connectivity index (χ2v) is 11.0. The molecule has 1 unspecified atom stereocenters. The molecule has 0 aliphatic carbocycles. The summed E-state index contributed by atoms with van der Waals surface area (Å²) < 4.78 is 53.8. The summed E-state index contributed by atoms with van der Waals surface area (Å²) in [5, 5.41) is -0.399. The number of alkyl halides is 2. The average molecular weight is 482 g/mol. The Morgan fingerprint density at radius 3 is 2.42 bits per heavy atom. The number of rotatable bonds is 8. The highest BCUT2D eigenvalue weighted by atomic mass is 32.2. The largest absolute Gasteiger partial charge is 0.471 e. The zero-order valence-corrected chi connectivity index (χ0v) is 19.1. The van der Waals surface area contributed by atoms with Crippen molar-refractivity contribution in [2.24, 2.45) is 5.92 Å². The standard InChI is InChI=1S/C21H25F2N5O4S/c1-21(22,23)13-32-18-4-3-14(8-24-18)7-15-5-6-28(19(15)29)16-9-25-20(26-10-16)27-11-17(12-27)33(2,30)31/h3-4,8-10,15,17H,5-7,11-13H2,1-2H3. The van der Waals surface area contributed by atoms with Crippen molar-refractivity contribution >= 4 is 27.4 Å². The summed E-state index contributed by atoms with van der Waals surface area (Å²) in [6.45, 7) is 1.29. The van der Waals surface area contributed by atoms with Gasteiger partial charge in [-0.1, -0.05) is 6.07 Å². The summed E-state index contributed by atoms with van der Waals surface area (Å²) in [6, 6.07) is 3.25. The lowest BCUT2D eigenvalue weighted by Gasteiger charge is -2.37. The van der Waals surface area contributed by atoms with Crippen LogP contribution in [0.25, 0.3) is 0 Å². The SMILES string of the molecule is CC(F)(F)COc1ccc(CC2CCN(c3cnc(N4CC(S(C)(=O)=O)C4)nc3)C2=O)cn1. The van der Waals surface area contributed by atoms with Crippen LogP contribution >= 0.6 is 0 Å². The van der Waals surface area contributed by atoms with Crippen molar-refractivity contribution in [1.82, 2.24) is 15.0 Å². The monoisotopic (exact) mass is 481 g/mol. The van der Waals surface area contributed by atoms with Crippen LogP contribution in [0.3, 0.4) is 0 Å². The first-order chi connectivity index (χ1) is 15.5. The molecule has 9 nitrogen and oxygen atoms in total. The van der Waals surface area contributed by atoms with E-state index in [-0.39, 0.29) is 17.7 Å². The molecular weight excluding hydrogens is 456 g/mol. The molecule has 0 spiro atoms. The molecule has 4 rings (SSSR count). The Morgan fingerprint density at radius 1 is 1.15 bits per heavy atom. The molecule has 2 saturated heterocycles. The molecule has 0 aromatic carbocycles. The predicted octanol–water partition coefficient (Wildman–Crippen LogP) is 1.73. The molecule has 0 bridgehead atoms. The zero-order valence-electron chi connectivity index (χ0n) is 18.3. The van der Waals surface area contributed by atoms with E-state index in [1.54, 1.807) is 28.3 Å². The third kappa shape index (κ3) is 5.55. The van der Waals surface area contributed by atoms with Crippen molar-refractivity contribution in [2.45, 2.75) is 30.9 Å². The lowest BCUT2D eigenvalue weighted by Crippen LogP contribution is -2.55. The first-order valence-electron chi connectivity index (χ1n) is 10.5. The molecule has 33 heavy (non-hydrogen) atoms. The number of aromatic nitrogens is 3. The lowest BCUT2D eigenvalue weighted by atomic mass is 9.99. The van der Waals surface area contributed by atoms with Gasteiger partial charge < -0.3 is 14.5 Å². The average Bonchev–Trinajstić information content (AvgIpc) is 3.05. The molecule has 2 aliphatic heterocycles. The fourth-order valence-electron chi connectivity index (χ4n) is 3.78. The van der Waals surface area contributed by atoms with Crippen LogP contribution in [0.2, 0.25) is 0 Å². The van der Waals surface area contributed by atoms with Gasteiger partial charge in [-0.05, 0) is 18.4 Å². The van der Waals surface area contributed by atoms with Crippen LogP contribution in [0.1, 0.15) is 18.9 Å². The van der Waals surface area contributed by atoms with E-state index in [0.717, 1.165) is 12.5 Å². The Kier molecular flexibility index (Phi) is 6.21. The number of carbonyl (C=O) groups is 1. The maximum atomic E-state index is 12.9. The summed E-state index contributed by atoms with van der Waals surface area (Å²) in [6.07, 6.45) is 7.05. The molecule has 0 saturated carbocycles. The number of pyridine rings is 1. The third-order valence-corrected chi connectivity index (χ3v) is 7.25. The minimum absolute atomic E-state index is 0.0432. The highest BCUT2D eigenvalue weighted by molar-refractivity contribution is 7.91. The van der Waals surface area contributed by atoms with Gasteiger partial charge in [0.15, 0.2) is 16.4 Å². The van der Waals surface area contributed by atoms with Crippen LogP contribution in [0.5, 0.6) is 5.88 Å². The Bertz CT molecular complexity index is 1100. The van der Waals surface area contributed by atoms with E-state index < -0.39 is 27.6 Å². The summed E-state index contributed by atoms with van der Waals surface area (Å²) in [5.41, 5.74) is 1.41. The number of carbonyl (C=O) groups excluding carboxylic acids is 1. The van der Waals surface area contributed by atoms with Gasteiger partial charge >= 0.3 is 0 Å². The van der Waals surface area contributed by atoms with Crippen LogP contribution < -0.4 is 14.5 Å². The minimum Gasteiger partial charge on any atom is -0.471 e. The first kappa shape index (κ1) is 23.3. The molecule has 2 aliphatic rings. The molecule has 178 valence electrons. The maximum Gasteiger partial charge on any atom is 0.278 e. The second kappa shape index (κ2) is 8.81. The molecule has 1 atom stereocenters. The summed E-state index contributed by atoms with van der Waals surface area (Å²) in [4.78, 5) is 29.0. The molecule has 2 fully saturated rings. The van der Waals surface area contributed by atoms with E-state index in [4.69, 9.17) is 4.74 Å². The molecular formula is C21H25F2N5O4S. The number of anilines is 2. The molecule has 1 amide bonds. The van der Waals surface area contributed by atoms with E-state index in [1.165, 1.54) is 18.5 Å². The van der Waals surface area contributed by atoms with Crippen molar-refractivity contribution in [3.05, 3.63) is 36.3 Å². The molecule has 12 heteroatoms. The molecule has 2 aromatic heterocycles. The van der Waals surface area contributed by atoms with Gasteiger partial charge in [-0.2, -0.15) is 0 Å². The second-order valence-electron chi connectivity index (χ2n) is 8.64. The van der Waals surface area contributed by atoms with Crippen molar-refractivity contribution in [1.29, 1.82) is 0 Å². The number of hydrogen-bond acceptors (Lipinski definition) is 8. The van der Waals surface area contributed by atoms with Gasteiger partial charge in [0.05, 0.1) is 23.3 Å². The van der Waals surface area contributed by atoms with Gasteiger partial charge in [-0.15, -0.1) is 0 Å². The van der Waals surface area contributed by atoms with E-state index in [2.05, 4.69) is 15.0 Å². The van der Waals surface area contributed by atoms with Gasteiger partial charge in [-0.3, -0.25) is 4.79 Å². The lowest BCUT2D eigenvalue weighted by molar-refractivity contribution is -0.120. The van der Waals surface area contributed by atoms with Gasteiger partial charge in [0, 0.05) is 51.0 Å². The van der Waals surface area contributed by atoms with Gasteiger partial charge in [0.25, 0.3) is 5.92 Å². The highest BCUT2D eigenvalue weighted by Gasteiger charge is 2.36. The maximum absolute atomic E-state index is 12.9. The Balaban J connectivity index is 1.32. The van der Waals surface area contributed by atoms with Gasteiger partial charge in [0.2, 0.25) is 17.7 Å². The fourth-order valence-corrected chi connectivity index (χ4v) is 4.68. The van der Waals surface area contributed by atoms with Crippen LogP contribution in [-0.2, 0) is 21.1 Å². The number of sulfone groups is 1. The first-order valence-corrected chi connectivity index (χ1v) is 12.5. The molecule has 2 aromatic rings. The Labute approximate surface area is 190 Å². The highest BCUT2D eigenvalue weighted by Crippen LogP contribution is 2.28. The molecule has 0 N–H and O–H groups in total. The summed E-state index contributed by atoms with van der Waals surface area (Å²) >= 11 is 0. The van der Waals surface area contributed by atoms with Gasteiger partial charge in [0.1, 0.15) is 0 Å². The zero-order chi connectivity index (χ0) is 23.8. The van der Waals surface area contributed by atoms with Crippen molar-refractivity contribution in [3.8, 4) is 5.88 Å². The summed E-state index contributed by atoms with van der Waals surface area (Å²) in [5.74, 6) is -2.66. The number of ether oxygens (including phenoxy) is 1. The van der Waals surface area contributed by atoms with E-state index in [1.807, 2.05) is 0 Å². The number of nitrogens with zero attached hydrogens (tertiary/aromatic N) is 5. The number of hydrogen-bond donors (Lipinski definition) is 0. The third-order valence-electron chi connectivity index (χ3n) is 5.74. The topological polar surface area (TPSA) is 106 Å². The Morgan fingerprint density at radius 2 is 1.85 bits per heavy atom. The van der Waals surface area contributed by atoms with E-state index >= 15 is 0 Å². The fraction of sp³-hybridized carbons (Fsp3) is 0.524. The minimum atomic E-state index is -3.07. The van der Waals surface area contributed by atoms with E-state index in [0.29, 0.717) is 44.1 Å². The molecule has 4 heterocycles. The van der Waals surface area contributed by atoms with Crippen LogP contribution in [0.4, 0.5) is 20.4 Å². The normalized spacial score (nSPS) is 19.6. The smallest absolute Gasteiger partial charge is 0.278 e. The van der Waals surface area contributed by atoms with Crippen LogP contribution in [-0.4, -0.2) is 72.9 Å². The number of amides is 1. The van der Waals surface area contributed by atoms with Crippen molar-refractivity contribution < 1.29 is 26.7 Å². The Hall–Kier alpha value is -2.89. The number of halogens is 2. The van der Waals surface area contributed by atoms with Gasteiger partial charge in [-0.25, -0.2) is 32.2 Å². The molecule has 0 radical (unpaired) electrons. The van der Waals surface area contributed by atoms with E-state index in [9.17, 15) is 22.0 Å². The quantitative estimate of drug-likeness (QED) is 0.561. The predicted molar refractivity (Wildman–Crippen MR) is 117 cm³/mol. The van der Waals surface area contributed by atoms with Crippen molar-refractivity contribution in [2.75, 3.05) is 42.3 Å². The van der Waals surface area contributed by atoms with Crippen molar-refractivity contribution in [3.63, 3.8) is 0 Å².